The first kappa shape index (κ1) is 21.4. The smallest absolute Gasteiger partial charge is 0.318 e. The third-order valence-corrected chi connectivity index (χ3v) is 2.88. The quantitative estimate of drug-likeness (QED) is 0.478. The molecule has 0 saturated heterocycles. The van der Waals surface area contributed by atoms with Crippen molar-refractivity contribution in [3.8, 4) is 0 Å². The first-order valence-corrected chi connectivity index (χ1v) is 6.88. The van der Waals surface area contributed by atoms with E-state index in [1.54, 1.807) is 19.3 Å². The van der Waals surface area contributed by atoms with Crippen LogP contribution in [0.4, 0.5) is 11.5 Å². The summed E-state index contributed by atoms with van der Waals surface area (Å²) in [5, 5.41) is 12.6. The van der Waals surface area contributed by atoms with Gasteiger partial charge in [-0.3, -0.25) is 10.3 Å². The number of aliphatic hydroxyl groups excluding tert-OH is 1. The van der Waals surface area contributed by atoms with E-state index in [1.807, 2.05) is 35.6 Å². The van der Waals surface area contributed by atoms with Gasteiger partial charge in [-0.25, -0.2) is 10.1 Å². The second-order valence-electron chi connectivity index (χ2n) is 4.91. The van der Waals surface area contributed by atoms with Gasteiger partial charge in [-0.05, 0) is 19.1 Å². The number of hydrogen-bond donors (Lipinski definition) is 3. The van der Waals surface area contributed by atoms with Gasteiger partial charge < -0.3 is 29.9 Å². The lowest BCUT2D eigenvalue weighted by atomic mass is 10.2. The van der Waals surface area contributed by atoms with Crippen molar-refractivity contribution in [1.82, 2.24) is 9.97 Å². The molecule has 2 aromatic heterocycles. The molecule has 0 saturated carbocycles. The summed E-state index contributed by atoms with van der Waals surface area (Å²) in [4.78, 5) is 20.1. The predicted octanol–water partition coefficient (Wildman–Crippen LogP) is -6.63. The molecule has 0 aromatic carbocycles. The van der Waals surface area contributed by atoms with Gasteiger partial charge >= 0.3 is 5.91 Å². The van der Waals surface area contributed by atoms with Crippen molar-refractivity contribution in [1.29, 1.82) is 0 Å². The van der Waals surface area contributed by atoms with Crippen molar-refractivity contribution in [2.24, 2.45) is 0 Å². The molecule has 2 rings (SSSR count). The molecule has 1 atom stereocenters. The summed E-state index contributed by atoms with van der Waals surface area (Å²) in [7, 11) is 0. The van der Waals surface area contributed by atoms with Gasteiger partial charge in [-0.2, -0.15) is 4.98 Å². The number of nitrogens with zero attached hydrogens (tertiary/aromatic N) is 2. The second-order valence-corrected chi connectivity index (χ2v) is 4.91. The number of aliphatic hydroxyl groups is 1. The summed E-state index contributed by atoms with van der Waals surface area (Å²) in [6.07, 6.45) is 2.94. The molecule has 1 amide bonds. The number of amides is 1. The fourth-order valence-corrected chi connectivity index (χ4v) is 1.89. The maximum Gasteiger partial charge on any atom is 0.318 e. The van der Waals surface area contributed by atoms with E-state index in [9.17, 15) is 4.79 Å². The Kier molecular flexibility index (Phi) is 10.3. The molecular weight excluding hydrogens is 339 g/mol. The lowest BCUT2D eigenvalue weighted by molar-refractivity contribution is -0.592. The predicted molar refractivity (Wildman–Crippen MR) is 76.7 cm³/mol. The summed E-state index contributed by atoms with van der Waals surface area (Å²) >= 11 is 0. The normalized spacial score (nSPS) is 11.0. The molecule has 8 heteroatoms. The van der Waals surface area contributed by atoms with Gasteiger partial charge in [0, 0.05) is 18.3 Å². The number of carbonyl (C=O) groups excluding carboxylic acids is 1. The molecule has 0 bridgehead atoms. The standard InChI is InChI=1S/C15H18N4O2.2ClH/c1-11(20)8-15(21)19-13-5-6-14(18-10-13)17-9-12-4-2-3-7-16-12;;/h2-7,10-11,20H,8-9H2,1H3,(H,17,18)(H,19,21);2*1H. The summed E-state index contributed by atoms with van der Waals surface area (Å²) in [6.45, 7) is 2.32. The molecule has 126 valence electrons. The van der Waals surface area contributed by atoms with Gasteiger partial charge in [0.2, 0.25) is 5.82 Å². The fraction of sp³-hybridized carbons (Fsp3) is 0.267. The average Bonchev–Trinajstić information content (AvgIpc) is 2.47. The van der Waals surface area contributed by atoms with E-state index < -0.39 is 6.10 Å². The summed E-state index contributed by atoms with van der Waals surface area (Å²) in [5.74, 6) is 0.748. The molecule has 5 N–H and O–H groups in total. The van der Waals surface area contributed by atoms with Crippen LogP contribution in [0.15, 0.2) is 42.7 Å². The van der Waals surface area contributed by atoms with Crippen molar-refractivity contribution in [2.75, 3.05) is 0 Å². The van der Waals surface area contributed by atoms with E-state index >= 15 is 0 Å². The first-order chi connectivity index (χ1) is 10.1. The minimum absolute atomic E-state index is 0. The van der Waals surface area contributed by atoms with Crippen LogP contribution >= 0.6 is 0 Å². The molecule has 2 aromatic rings. The zero-order chi connectivity index (χ0) is 15.1. The Hall–Kier alpha value is -1.57. The Balaban J connectivity index is 0.00000242. The maximum atomic E-state index is 11.6. The summed E-state index contributed by atoms with van der Waals surface area (Å²) < 4.78 is 0. The van der Waals surface area contributed by atoms with Crippen molar-refractivity contribution in [3.63, 3.8) is 0 Å². The number of quaternary nitrogens is 2. The Morgan fingerprint density at radius 3 is 2.57 bits per heavy atom. The fourth-order valence-electron chi connectivity index (χ4n) is 1.89. The molecule has 1 unspecified atom stereocenters. The molecule has 0 aliphatic heterocycles. The van der Waals surface area contributed by atoms with E-state index in [-0.39, 0.29) is 37.1 Å². The highest BCUT2D eigenvalue weighted by molar-refractivity contribution is 5.68. The van der Waals surface area contributed by atoms with Gasteiger partial charge in [-0.15, -0.1) is 0 Å². The van der Waals surface area contributed by atoms with E-state index in [1.165, 1.54) is 5.32 Å². The van der Waals surface area contributed by atoms with Crippen molar-refractivity contribution in [2.45, 2.75) is 26.0 Å². The van der Waals surface area contributed by atoms with Crippen LogP contribution in [0.2, 0.25) is 0 Å². The molecule has 2 heterocycles. The molecule has 23 heavy (non-hydrogen) atoms. The average molecular weight is 359 g/mol. The van der Waals surface area contributed by atoms with Crippen LogP contribution in [0.5, 0.6) is 0 Å². The zero-order valence-electron chi connectivity index (χ0n) is 12.7. The molecule has 0 fully saturated rings. The number of hydrogen-bond acceptors (Lipinski definition) is 4. The van der Waals surface area contributed by atoms with Crippen molar-refractivity contribution in [3.05, 3.63) is 48.4 Å². The largest absolute Gasteiger partial charge is 1.00 e. The summed E-state index contributed by atoms with van der Waals surface area (Å²) in [5.41, 5.74) is 1.73. The van der Waals surface area contributed by atoms with E-state index in [4.69, 9.17) is 5.11 Å². The van der Waals surface area contributed by atoms with Crippen LogP contribution in [0.25, 0.3) is 0 Å². The Bertz CT molecular complexity index is 580. The topological polar surface area (TPSA) is 96.3 Å². The lowest BCUT2D eigenvalue weighted by Gasteiger charge is -2.02. The number of nitrogens with two attached hydrogens (primary N) is 2. The highest BCUT2D eigenvalue weighted by atomic mass is 35.5. The summed E-state index contributed by atoms with van der Waals surface area (Å²) in [6, 6.07) is 9.51. The molecule has 0 aliphatic carbocycles. The van der Waals surface area contributed by atoms with Gasteiger partial charge in [0.1, 0.15) is 6.54 Å². The highest BCUT2D eigenvalue weighted by Gasteiger charge is 2.12. The van der Waals surface area contributed by atoms with Gasteiger partial charge in [0.15, 0.2) is 5.69 Å². The number of halogens is 2. The number of aromatic nitrogens is 2. The second kappa shape index (κ2) is 11.0. The SMILES string of the molecule is CC(O)CC(=O)[NH2+]c1ccc([NH2+]Cc2ccccn2)nc1.[Cl-].[Cl-]. The van der Waals surface area contributed by atoms with E-state index in [0.717, 1.165) is 23.7 Å². The van der Waals surface area contributed by atoms with Crippen LogP contribution in [0.3, 0.4) is 0 Å². The van der Waals surface area contributed by atoms with Crippen molar-refractivity contribution >= 4 is 17.4 Å². The zero-order valence-corrected chi connectivity index (χ0v) is 14.2. The molecule has 0 aliphatic rings. The number of primary amides is 1. The lowest BCUT2D eigenvalue weighted by Crippen LogP contribution is -3.00. The van der Waals surface area contributed by atoms with Crippen LogP contribution in [-0.2, 0) is 11.3 Å². The highest BCUT2D eigenvalue weighted by Crippen LogP contribution is 2.00. The van der Waals surface area contributed by atoms with Crippen LogP contribution in [0, 0.1) is 0 Å². The van der Waals surface area contributed by atoms with Crippen molar-refractivity contribution < 1.29 is 45.3 Å². The van der Waals surface area contributed by atoms with Gasteiger partial charge in [0.05, 0.1) is 24.4 Å². The van der Waals surface area contributed by atoms with Crippen LogP contribution in [-0.4, -0.2) is 27.1 Å². The maximum absolute atomic E-state index is 11.6. The Morgan fingerprint density at radius 2 is 2.00 bits per heavy atom. The van der Waals surface area contributed by atoms with Crippen LogP contribution < -0.4 is 35.4 Å². The Morgan fingerprint density at radius 1 is 1.22 bits per heavy atom. The molecule has 6 nitrogen and oxygen atoms in total. The number of pyridine rings is 2. The minimum Gasteiger partial charge on any atom is -1.00 e. The first-order valence-electron chi connectivity index (χ1n) is 6.88. The number of rotatable bonds is 6. The van der Waals surface area contributed by atoms with E-state index in [2.05, 4.69) is 9.97 Å². The minimum atomic E-state index is -0.618. The third-order valence-electron chi connectivity index (χ3n) is 2.88. The molecular formula is C15H20Cl2N4O2. The molecule has 0 spiro atoms. The van der Waals surface area contributed by atoms with Gasteiger partial charge in [0.25, 0.3) is 0 Å². The van der Waals surface area contributed by atoms with E-state index in [0.29, 0.717) is 0 Å². The monoisotopic (exact) mass is 358 g/mol. The van der Waals surface area contributed by atoms with Gasteiger partial charge in [-0.1, -0.05) is 6.07 Å². The van der Waals surface area contributed by atoms with Crippen LogP contribution in [0.1, 0.15) is 19.0 Å². The molecule has 0 radical (unpaired) electrons. The number of carbonyl (C=O) groups is 1. The third kappa shape index (κ3) is 8.01. The Labute approximate surface area is 147 Å².